The molecule has 136 valence electrons. The number of carbonyl (C=O) groups is 2. The summed E-state index contributed by atoms with van der Waals surface area (Å²) < 4.78 is 1.46. The molecule has 7 nitrogen and oxygen atoms in total. The second-order valence-corrected chi connectivity index (χ2v) is 6.76. The number of pyridine rings is 1. The van der Waals surface area contributed by atoms with E-state index < -0.39 is 23.0 Å². The Morgan fingerprint density at radius 3 is 2.65 bits per heavy atom. The fourth-order valence-corrected chi connectivity index (χ4v) is 3.14. The van der Waals surface area contributed by atoms with Gasteiger partial charge in [-0.05, 0) is 17.7 Å². The van der Waals surface area contributed by atoms with Crippen LogP contribution < -0.4 is 5.43 Å². The lowest BCUT2D eigenvalue weighted by molar-refractivity contribution is 0.0680. The van der Waals surface area contributed by atoms with Gasteiger partial charge in [-0.1, -0.05) is 23.7 Å². The van der Waals surface area contributed by atoms with Crippen molar-refractivity contribution in [3.63, 3.8) is 0 Å². The van der Waals surface area contributed by atoms with E-state index in [1.165, 1.54) is 34.7 Å². The maximum atomic E-state index is 12.8. The van der Waals surface area contributed by atoms with Crippen LogP contribution in [0, 0.1) is 0 Å². The molecule has 1 aromatic heterocycles. The molecule has 2 aromatic rings. The van der Waals surface area contributed by atoms with Crippen molar-refractivity contribution in [2.75, 3.05) is 20.6 Å². The maximum Gasteiger partial charge on any atom is 0.274 e. The molecule has 2 amide bonds. The molecule has 0 aliphatic carbocycles. The highest BCUT2D eigenvalue weighted by Gasteiger charge is 2.31. The first-order chi connectivity index (χ1) is 12.3. The molecule has 2 heterocycles. The van der Waals surface area contributed by atoms with Gasteiger partial charge < -0.3 is 19.5 Å². The predicted molar refractivity (Wildman–Crippen MR) is 96.6 cm³/mol. The number of carbonyl (C=O) groups excluding carboxylic acids is 2. The first-order valence-corrected chi connectivity index (χ1v) is 8.39. The molecule has 1 N–H and O–H groups in total. The molecule has 3 rings (SSSR count). The zero-order valence-electron chi connectivity index (χ0n) is 14.4. The SMILES string of the molecule is CN(C)C(=O)c1cn2c(c(O)c1=O)C(=O)N(Cc1cccc(Cl)c1)CC2. The molecule has 1 aliphatic rings. The van der Waals surface area contributed by atoms with Crippen LogP contribution in [0.2, 0.25) is 5.02 Å². The zero-order chi connectivity index (χ0) is 19.0. The zero-order valence-corrected chi connectivity index (χ0v) is 15.2. The van der Waals surface area contributed by atoms with E-state index in [9.17, 15) is 19.5 Å². The summed E-state index contributed by atoms with van der Waals surface area (Å²) in [5.41, 5.74) is -0.251. The molecule has 0 saturated heterocycles. The fraction of sp³-hybridized carbons (Fsp3) is 0.278. The number of halogens is 1. The second-order valence-electron chi connectivity index (χ2n) is 6.32. The Labute approximate surface area is 155 Å². The number of hydrogen-bond acceptors (Lipinski definition) is 4. The standard InChI is InChI=1S/C18H18ClN3O4/c1-20(2)17(25)13-10-21-6-7-22(9-11-4-3-5-12(19)8-11)18(26)14(21)16(24)15(13)23/h3-5,8,10,24H,6-7,9H2,1-2H3. The van der Waals surface area contributed by atoms with Crippen molar-refractivity contribution in [2.45, 2.75) is 13.1 Å². The molecule has 0 saturated carbocycles. The van der Waals surface area contributed by atoms with Gasteiger partial charge in [-0.2, -0.15) is 0 Å². The number of fused-ring (bicyclic) bond motifs is 1. The van der Waals surface area contributed by atoms with Crippen LogP contribution in [0.15, 0.2) is 35.3 Å². The van der Waals surface area contributed by atoms with Gasteiger partial charge >= 0.3 is 0 Å². The summed E-state index contributed by atoms with van der Waals surface area (Å²) in [4.78, 5) is 40.0. The average Bonchev–Trinajstić information content (AvgIpc) is 2.59. The van der Waals surface area contributed by atoms with Crippen LogP contribution in [-0.2, 0) is 13.1 Å². The van der Waals surface area contributed by atoms with Crippen molar-refractivity contribution in [2.24, 2.45) is 0 Å². The number of aromatic hydroxyl groups is 1. The Hall–Kier alpha value is -2.80. The van der Waals surface area contributed by atoms with E-state index in [1.807, 2.05) is 6.07 Å². The average molecular weight is 376 g/mol. The quantitative estimate of drug-likeness (QED) is 0.882. The van der Waals surface area contributed by atoms with Gasteiger partial charge in [0.05, 0.1) is 0 Å². The van der Waals surface area contributed by atoms with E-state index in [1.54, 1.807) is 18.2 Å². The number of amides is 2. The van der Waals surface area contributed by atoms with Gasteiger partial charge in [-0.15, -0.1) is 0 Å². The summed E-state index contributed by atoms with van der Waals surface area (Å²) in [5, 5.41) is 10.8. The highest BCUT2D eigenvalue weighted by Crippen LogP contribution is 2.22. The summed E-state index contributed by atoms with van der Waals surface area (Å²) in [6.45, 7) is 1.06. The maximum absolute atomic E-state index is 12.8. The molecule has 0 unspecified atom stereocenters. The second kappa shape index (κ2) is 6.84. The number of aromatic nitrogens is 1. The molecule has 8 heteroatoms. The molecular weight excluding hydrogens is 358 g/mol. The number of benzene rings is 1. The van der Waals surface area contributed by atoms with Crippen molar-refractivity contribution in [3.05, 3.63) is 62.5 Å². The highest BCUT2D eigenvalue weighted by atomic mass is 35.5. The Kier molecular flexibility index (Phi) is 4.73. The lowest BCUT2D eigenvalue weighted by Gasteiger charge is -2.30. The van der Waals surface area contributed by atoms with Gasteiger partial charge in [0.1, 0.15) is 5.56 Å². The predicted octanol–water partition coefficient (Wildman–Crippen LogP) is 1.57. The minimum absolute atomic E-state index is 0.0985. The normalized spacial score (nSPS) is 13.5. The highest BCUT2D eigenvalue weighted by molar-refractivity contribution is 6.30. The molecule has 0 bridgehead atoms. The third-order valence-electron chi connectivity index (χ3n) is 4.26. The minimum atomic E-state index is -0.840. The molecule has 1 aromatic carbocycles. The van der Waals surface area contributed by atoms with Crippen LogP contribution in [0.25, 0.3) is 0 Å². The molecule has 0 atom stereocenters. The third kappa shape index (κ3) is 3.17. The lowest BCUT2D eigenvalue weighted by Crippen LogP contribution is -2.42. The molecule has 0 spiro atoms. The van der Waals surface area contributed by atoms with Crippen molar-refractivity contribution < 1.29 is 14.7 Å². The van der Waals surface area contributed by atoms with Crippen LogP contribution in [-0.4, -0.2) is 51.9 Å². The molecule has 0 fully saturated rings. The number of hydrogen-bond donors (Lipinski definition) is 1. The van der Waals surface area contributed by atoms with E-state index in [4.69, 9.17) is 11.6 Å². The number of rotatable bonds is 3. The molecule has 1 aliphatic heterocycles. The van der Waals surface area contributed by atoms with E-state index in [2.05, 4.69) is 0 Å². The van der Waals surface area contributed by atoms with E-state index in [-0.39, 0.29) is 11.3 Å². The van der Waals surface area contributed by atoms with Gasteiger partial charge in [0.2, 0.25) is 5.43 Å². The summed E-state index contributed by atoms with van der Waals surface area (Å²) in [5.74, 6) is -1.68. The fourth-order valence-electron chi connectivity index (χ4n) is 2.93. The van der Waals surface area contributed by atoms with Gasteiger partial charge in [0.25, 0.3) is 11.8 Å². The van der Waals surface area contributed by atoms with Gasteiger partial charge in [0.15, 0.2) is 11.4 Å². The molecule has 26 heavy (non-hydrogen) atoms. The van der Waals surface area contributed by atoms with E-state index in [0.717, 1.165) is 5.56 Å². The first-order valence-electron chi connectivity index (χ1n) is 8.01. The third-order valence-corrected chi connectivity index (χ3v) is 4.49. The summed E-state index contributed by atoms with van der Waals surface area (Å²) in [7, 11) is 3.03. The topological polar surface area (TPSA) is 82.8 Å². The van der Waals surface area contributed by atoms with Crippen LogP contribution in [0.1, 0.15) is 26.4 Å². The van der Waals surface area contributed by atoms with Crippen LogP contribution in [0.5, 0.6) is 5.75 Å². The van der Waals surface area contributed by atoms with Crippen molar-refractivity contribution in [3.8, 4) is 5.75 Å². The largest absolute Gasteiger partial charge is 0.503 e. The van der Waals surface area contributed by atoms with Crippen LogP contribution in [0.3, 0.4) is 0 Å². The smallest absolute Gasteiger partial charge is 0.274 e. The van der Waals surface area contributed by atoms with E-state index >= 15 is 0 Å². The van der Waals surface area contributed by atoms with Crippen LogP contribution >= 0.6 is 11.6 Å². The lowest BCUT2D eigenvalue weighted by atomic mass is 10.1. The summed E-state index contributed by atoms with van der Waals surface area (Å²) >= 11 is 5.97. The van der Waals surface area contributed by atoms with Crippen LogP contribution in [0.4, 0.5) is 0 Å². The van der Waals surface area contributed by atoms with Gasteiger partial charge in [-0.3, -0.25) is 14.4 Å². The monoisotopic (exact) mass is 375 g/mol. The van der Waals surface area contributed by atoms with Crippen molar-refractivity contribution >= 4 is 23.4 Å². The number of nitrogens with zero attached hydrogens (tertiary/aromatic N) is 3. The Balaban J connectivity index is 1.97. The minimum Gasteiger partial charge on any atom is -0.503 e. The Morgan fingerprint density at radius 1 is 1.27 bits per heavy atom. The van der Waals surface area contributed by atoms with E-state index in [0.29, 0.717) is 24.7 Å². The van der Waals surface area contributed by atoms with Gasteiger partial charge in [0, 0.05) is 44.9 Å². The first kappa shape index (κ1) is 18.0. The van der Waals surface area contributed by atoms with Crippen molar-refractivity contribution in [1.82, 2.24) is 14.4 Å². The summed E-state index contributed by atoms with van der Waals surface area (Å²) in [6.07, 6.45) is 1.34. The summed E-state index contributed by atoms with van der Waals surface area (Å²) in [6, 6.07) is 7.14. The molecule has 0 radical (unpaired) electrons. The Bertz CT molecular complexity index is 952. The van der Waals surface area contributed by atoms with Crippen molar-refractivity contribution in [1.29, 1.82) is 0 Å². The van der Waals surface area contributed by atoms with Gasteiger partial charge in [-0.25, -0.2) is 0 Å². The Morgan fingerprint density at radius 2 is 2.00 bits per heavy atom. The molecular formula is C18H18ClN3O4.